The summed E-state index contributed by atoms with van der Waals surface area (Å²) in [5, 5.41) is 0. The highest BCUT2D eigenvalue weighted by Crippen LogP contribution is 2.23. The van der Waals surface area contributed by atoms with E-state index in [0.29, 0.717) is 5.56 Å². The van der Waals surface area contributed by atoms with Gasteiger partial charge in [0.2, 0.25) is 0 Å². The van der Waals surface area contributed by atoms with Crippen molar-refractivity contribution in [3.05, 3.63) is 35.4 Å². The van der Waals surface area contributed by atoms with Crippen LogP contribution in [0.1, 0.15) is 19.4 Å². The lowest BCUT2D eigenvalue weighted by molar-refractivity contribution is -0.0499. The SMILES string of the molecule is C/C(=C\c1ccccc1OC(F)F)C(C)N. The fourth-order valence-electron chi connectivity index (χ4n) is 1.18. The zero-order chi connectivity index (χ0) is 12.1. The molecule has 0 aliphatic carbocycles. The van der Waals surface area contributed by atoms with Gasteiger partial charge in [0.05, 0.1) is 0 Å². The van der Waals surface area contributed by atoms with E-state index in [4.69, 9.17) is 5.73 Å². The number of hydrogen-bond acceptors (Lipinski definition) is 2. The molecule has 1 aromatic rings. The number of halogens is 2. The Bertz CT molecular complexity index is 375. The number of rotatable bonds is 4. The largest absolute Gasteiger partial charge is 0.434 e. The first-order chi connectivity index (χ1) is 7.50. The predicted molar refractivity (Wildman–Crippen MR) is 60.4 cm³/mol. The molecule has 0 aliphatic rings. The Hall–Kier alpha value is -1.42. The molecule has 0 radical (unpaired) electrons. The molecule has 0 bridgehead atoms. The maximum absolute atomic E-state index is 12.1. The van der Waals surface area contributed by atoms with Crippen LogP contribution in [-0.2, 0) is 0 Å². The van der Waals surface area contributed by atoms with Crippen molar-refractivity contribution in [1.82, 2.24) is 0 Å². The van der Waals surface area contributed by atoms with E-state index in [2.05, 4.69) is 4.74 Å². The minimum Gasteiger partial charge on any atom is -0.434 e. The van der Waals surface area contributed by atoms with Crippen LogP contribution >= 0.6 is 0 Å². The molecule has 16 heavy (non-hydrogen) atoms. The number of hydrogen-bond donors (Lipinski definition) is 1. The molecule has 1 aromatic carbocycles. The zero-order valence-corrected chi connectivity index (χ0v) is 9.28. The summed E-state index contributed by atoms with van der Waals surface area (Å²) in [6, 6.07) is 6.52. The average molecular weight is 227 g/mol. The molecule has 0 amide bonds. The van der Waals surface area contributed by atoms with E-state index < -0.39 is 6.61 Å². The third kappa shape index (κ3) is 3.62. The second-order valence-corrected chi connectivity index (χ2v) is 3.59. The summed E-state index contributed by atoms with van der Waals surface area (Å²) in [7, 11) is 0. The second kappa shape index (κ2) is 5.61. The molecule has 2 nitrogen and oxygen atoms in total. The smallest absolute Gasteiger partial charge is 0.387 e. The van der Waals surface area contributed by atoms with E-state index in [1.165, 1.54) is 6.07 Å². The van der Waals surface area contributed by atoms with Gasteiger partial charge in [-0.2, -0.15) is 8.78 Å². The van der Waals surface area contributed by atoms with Gasteiger partial charge in [-0.3, -0.25) is 0 Å². The van der Waals surface area contributed by atoms with Gasteiger partial charge in [0.1, 0.15) is 5.75 Å². The van der Waals surface area contributed by atoms with Crippen LogP contribution in [0.15, 0.2) is 29.8 Å². The van der Waals surface area contributed by atoms with Crippen LogP contribution < -0.4 is 10.5 Å². The van der Waals surface area contributed by atoms with Gasteiger partial charge in [0, 0.05) is 11.6 Å². The summed E-state index contributed by atoms with van der Waals surface area (Å²) in [6.07, 6.45) is 1.75. The molecular weight excluding hydrogens is 212 g/mol. The van der Waals surface area contributed by atoms with Gasteiger partial charge in [-0.15, -0.1) is 0 Å². The zero-order valence-electron chi connectivity index (χ0n) is 9.28. The van der Waals surface area contributed by atoms with Crippen LogP contribution in [0.2, 0.25) is 0 Å². The van der Waals surface area contributed by atoms with Crippen LogP contribution in [0.5, 0.6) is 5.75 Å². The molecule has 0 saturated heterocycles. The highest BCUT2D eigenvalue weighted by molar-refractivity contribution is 5.60. The molecular formula is C12H15F2NO. The minimum atomic E-state index is -2.81. The number of benzene rings is 1. The summed E-state index contributed by atoms with van der Waals surface area (Å²) < 4.78 is 28.7. The van der Waals surface area contributed by atoms with Crippen LogP contribution in [0.3, 0.4) is 0 Å². The number of para-hydroxylation sites is 1. The fourth-order valence-corrected chi connectivity index (χ4v) is 1.18. The van der Waals surface area contributed by atoms with E-state index >= 15 is 0 Å². The maximum Gasteiger partial charge on any atom is 0.387 e. The van der Waals surface area contributed by atoms with Crippen molar-refractivity contribution < 1.29 is 13.5 Å². The topological polar surface area (TPSA) is 35.2 Å². The molecule has 1 rings (SSSR count). The second-order valence-electron chi connectivity index (χ2n) is 3.59. The van der Waals surface area contributed by atoms with Crippen molar-refractivity contribution in [3.63, 3.8) is 0 Å². The van der Waals surface area contributed by atoms with Crippen LogP contribution in [0.4, 0.5) is 8.78 Å². The number of alkyl halides is 2. The highest BCUT2D eigenvalue weighted by atomic mass is 19.3. The normalized spacial score (nSPS) is 14.0. The molecule has 2 N–H and O–H groups in total. The Morgan fingerprint density at radius 2 is 2.00 bits per heavy atom. The van der Waals surface area contributed by atoms with Gasteiger partial charge in [0.15, 0.2) is 0 Å². The van der Waals surface area contributed by atoms with Crippen LogP contribution in [-0.4, -0.2) is 12.7 Å². The van der Waals surface area contributed by atoms with Gasteiger partial charge in [-0.05, 0) is 19.9 Å². The molecule has 0 saturated carbocycles. The van der Waals surface area contributed by atoms with E-state index in [0.717, 1.165) is 5.57 Å². The predicted octanol–water partition coefficient (Wildman–Crippen LogP) is 3.04. The maximum atomic E-state index is 12.1. The van der Waals surface area contributed by atoms with Crippen molar-refractivity contribution in [1.29, 1.82) is 0 Å². The quantitative estimate of drug-likeness (QED) is 0.858. The van der Waals surface area contributed by atoms with Gasteiger partial charge >= 0.3 is 6.61 Å². The molecule has 0 spiro atoms. The fraction of sp³-hybridized carbons (Fsp3) is 0.333. The summed E-state index contributed by atoms with van der Waals surface area (Å²) in [4.78, 5) is 0. The van der Waals surface area contributed by atoms with Gasteiger partial charge in [0.25, 0.3) is 0 Å². The molecule has 0 heterocycles. The number of nitrogens with two attached hydrogens (primary N) is 1. The lowest BCUT2D eigenvalue weighted by Crippen LogP contribution is -2.15. The van der Waals surface area contributed by atoms with Gasteiger partial charge < -0.3 is 10.5 Å². The molecule has 0 aromatic heterocycles. The van der Waals surface area contributed by atoms with Crippen LogP contribution in [0.25, 0.3) is 6.08 Å². The minimum absolute atomic E-state index is 0.111. The lowest BCUT2D eigenvalue weighted by Gasteiger charge is -2.10. The van der Waals surface area contributed by atoms with Gasteiger partial charge in [-0.1, -0.05) is 29.8 Å². The Kier molecular flexibility index (Phi) is 4.43. The first-order valence-corrected chi connectivity index (χ1v) is 4.98. The molecule has 4 heteroatoms. The average Bonchev–Trinajstić information content (AvgIpc) is 2.20. The molecule has 1 unspecified atom stereocenters. The number of ether oxygens (including phenoxy) is 1. The Balaban J connectivity index is 2.99. The van der Waals surface area contributed by atoms with Crippen molar-refractivity contribution >= 4 is 6.08 Å². The van der Waals surface area contributed by atoms with E-state index in [-0.39, 0.29) is 11.8 Å². The van der Waals surface area contributed by atoms with E-state index in [1.54, 1.807) is 24.3 Å². The highest BCUT2D eigenvalue weighted by Gasteiger charge is 2.08. The van der Waals surface area contributed by atoms with Crippen LogP contribution in [0, 0.1) is 0 Å². The Labute approximate surface area is 93.7 Å². The molecule has 0 fully saturated rings. The first kappa shape index (κ1) is 12.6. The Morgan fingerprint density at radius 1 is 1.38 bits per heavy atom. The van der Waals surface area contributed by atoms with Crippen molar-refractivity contribution in [2.45, 2.75) is 26.5 Å². The monoisotopic (exact) mass is 227 g/mol. The van der Waals surface area contributed by atoms with Crippen molar-refractivity contribution in [2.75, 3.05) is 0 Å². The Morgan fingerprint density at radius 3 is 2.56 bits per heavy atom. The molecule has 0 aliphatic heterocycles. The van der Waals surface area contributed by atoms with Crippen molar-refractivity contribution in [2.24, 2.45) is 5.73 Å². The van der Waals surface area contributed by atoms with Gasteiger partial charge in [-0.25, -0.2) is 0 Å². The lowest BCUT2D eigenvalue weighted by atomic mass is 10.1. The third-order valence-corrected chi connectivity index (χ3v) is 2.24. The summed E-state index contributed by atoms with van der Waals surface area (Å²) >= 11 is 0. The summed E-state index contributed by atoms with van der Waals surface area (Å²) in [6.45, 7) is 0.872. The molecule has 88 valence electrons. The van der Waals surface area contributed by atoms with E-state index in [1.807, 2.05) is 13.8 Å². The standard InChI is InChI=1S/C12H15F2NO/c1-8(9(2)15)7-10-5-3-4-6-11(10)16-12(13)14/h3-7,9,12H,15H2,1-2H3/b8-7+. The summed E-state index contributed by atoms with van der Waals surface area (Å²) in [5.41, 5.74) is 7.19. The third-order valence-electron chi connectivity index (χ3n) is 2.24. The van der Waals surface area contributed by atoms with E-state index in [9.17, 15) is 8.78 Å². The van der Waals surface area contributed by atoms with Crippen molar-refractivity contribution in [3.8, 4) is 5.75 Å². The summed E-state index contributed by atoms with van der Waals surface area (Å²) in [5.74, 6) is 0.164. The first-order valence-electron chi connectivity index (χ1n) is 4.98. The molecule has 1 atom stereocenters.